The van der Waals surface area contributed by atoms with Gasteiger partial charge in [0.25, 0.3) is 0 Å². The van der Waals surface area contributed by atoms with E-state index in [2.05, 4.69) is 24.3 Å². The molecule has 14 rings (SSSR count). The van der Waals surface area contributed by atoms with Crippen molar-refractivity contribution in [3.8, 4) is 134 Å². The van der Waals surface area contributed by atoms with Crippen molar-refractivity contribution < 1.29 is 37.9 Å². The summed E-state index contributed by atoms with van der Waals surface area (Å²) in [5.74, 6) is 9.00. The van der Waals surface area contributed by atoms with E-state index in [1.54, 1.807) is 0 Å². The first-order chi connectivity index (χ1) is 43.1. The van der Waals surface area contributed by atoms with Crippen LogP contribution < -0.4 is 37.9 Å². The molecule has 3 aromatic heterocycles. The molecule has 0 saturated carbocycles. The summed E-state index contributed by atoms with van der Waals surface area (Å²) < 4.78 is 65.1. The fourth-order valence-corrected chi connectivity index (χ4v) is 12.6. The molecule has 87 heavy (non-hydrogen) atoms. The first-order valence-corrected chi connectivity index (χ1v) is 30.2. The Balaban J connectivity index is 0.966. The highest BCUT2D eigenvalue weighted by atomic mass is 32.1. The van der Waals surface area contributed by atoms with Gasteiger partial charge in [-0.25, -0.2) is 0 Å². The number of fused-ring (bicyclic) bond motifs is 1. The molecule has 0 amide bonds. The van der Waals surface area contributed by atoms with Crippen LogP contribution in [0.4, 0.5) is 0 Å². The molecule has 0 saturated heterocycles. The number of hydrogen-bond acceptors (Lipinski definition) is 13. The van der Waals surface area contributed by atoms with E-state index in [9.17, 15) is 0 Å². The third-order valence-corrected chi connectivity index (χ3v) is 16.4. The van der Waals surface area contributed by atoms with Crippen LogP contribution in [0.2, 0.25) is 0 Å². The van der Waals surface area contributed by atoms with Crippen molar-refractivity contribution in [1.82, 2.24) is 8.75 Å². The van der Waals surface area contributed by atoms with Crippen LogP contribution >= 0.6 is 34.4 Å². The van der Waals surface area contributed by atoms with E-state index < -0.39 is 0 Å². The van der Waals surface area contributed by atoms with E-state index in [1.165, 1.54) is 22.7 Å². The summed E-state index contributed by atoms with van der Waals surface area (Å²) in [5, 5.41) is 0. The molecule has 0 aliphatic rings. The Bertz CT molecular complexity index is 4190. The molecule has 0 radical (unpaired) electrons. The minimum atomic E-state index is 0.431. The first kappa shape index (κ1) is 54.0. The van der Waals surface area contributed by atoms with Crippen molar-refractivity contribution in [2.24, 2.45) is 0 Å². The lowest BCUT2D eigenvalue weighted by molar-refractivity contribution is 0.422. The Morgan fingerprint density at radius 1 is 0.207 bits per heavy atom. The molecular formula is C74H48N2O8S3. The predicted octanol–water partition coefficient (Wildman–Crippen LogP) is 22.8. The lowest BCUT2D eigenvalue weighted by Crippen LogP contribution is -1.97. The third kappa shape index (κ3) is 12.2. The van der Waals surface area contributed by atoms with Crippen LogP contribution in [0.3, 0.4) is 0 Å². The molecule has 0 atom stereocenters. The summed E-state index contributed by atoms with van der Waals surface area (Å²) in [4.78, 5) is 3.29. The number of ether oxygens (including phenoxy) is 8. The van der Waals surface area contributed by atoms with Gasteiger partial charge in [0, 0.05) is 43.8 Å². The molecule has 0 aliphatic heterocycles. The van der Waals surface area contributed by atoms with Crippen LogP contribution in [0.5, 0.6) is 92.0 Å². The molecule has 10 nitrogen and oxygen atoms in total. The second kappa shape index (κ2) is 25.1. The molecule has 0 spiro atoms. The largest absolute Gasteiger partial charge is 0.457 e. The third-order valence-electron chi connectivity index (χ3n) is 13.7. The summed E-state index contributed by atoms with van der Waals surface area (Å²) in [6, 6.07) is 93.3. The average molecular weight is 1190 g/mol. The van der Waals surface area contributed by atoms with Gasteiger partial charge in [0.05, 0.1) is 34.0 Å². The average Bonchev–Trinajstić information content (AvgIpc) is 1.84. The quantitative estimate of drug-likeness (QED) is 0.0733. The van der Waals surface area contributed by atoms with Crippen molar-refractivity contribution in [3.63, 3.8) is 0 Å². The SMILES string of the molecule is c1ccc(Oc2cc(Oc3ccccc3)c(-c3ccc(-c4c(Oc5ccccc5)c(Oc5ccccc5)c(-c5ccc(-c6c(Oc7ccccc7)cc(Oc7ccccc7)cc6Oc6ccccc6)s5)c5nsnc45)s3)c(Oc3ccccc3)c2)cc1. The van der Waals surface area contributed by atoms with Crippen LogP contribution in [0.1, 0.15) is 0 Å². The molecule has 420 valence electrons. The van der Waals surface area contributed by atoms with Gasteiger partial charge in [-0.15, -0.1) is 22.7 Å². The number of rotatable bonds is 20. The van der Waals surface area contributed by atoms with E-state index >= 15 is 0 Å². The minimum Gasteiger partial charge on any atom is -0.457 e. The number of para-hydroxylation sites is 8. The zero-order valence-electron chi connectivity index (χ0n) is 46.1. The lowest BCUT2D eigenvalue weighted by Gasteiger charge is -2.20. The molecule has 3 heterocycles. The number of nitrogens with zero attached hydrogens (tertiary/aromatic N) is 2. The van der Waals surface area contributed by atoms with E-state index in [4.69, 9.17) is 46.6 Å². The van der Waals surface area contributed by atoms with Gasteiger partial charge in [0.15, 0.2) is 11.5 Å². The zero-order chi connectivity index (χ0) is 58.1. The van der Waals surface area contributed by atoms with E-state index in [1.807, 2.05) is 267 Å². The van der Waals surface area contributed by atoms with Gasteiger partial charge < -0.3 is 37.9 Å². The first-order valence-electron chi connectivity index (χ1n) is 27.8. The van der Waals surface area contributed by atoms with Gasteiger partial charge >= 0.3 is 0 Å². The Morgan fingerprint density at radius 2 is 0.425 bits per heavy atom. The van der Waals surface area contributed by atoms with E-state index in [0.717, 1.165) is 31.2 Å². The topological polar surface area (TPSA) is 99.6 Å². The van der Waals surface area contributed by atoms with Crippen molar-refractivity contribution in [2.45, 2.75) is 0 Å². The maximum absolute atomic E-state index is 7.23. The number of aromatic nitrogens is 2. The summed E-state index contributed by atoms with van der Waals surface area (Å²) in [7, 11) is 0. The minimum absolute atomic E-state index is 0.431. The summed E-state index contributed by atoms with van der Waals surface area (Å²) >= 11 is 4.18. The normalized spacial score (nSPS) is 11.0. The van der Waals surface area contributed by atoms with Gasteiger partial charge in [-0.3, -0.25) is 0 Å². The summed E-state index contributed by atoms with van der Waals surface area (Å²) in [5.41, 5.74) is 3.98. The Morgan fingerprint density at radius 3 is 0.678 bits per heavy atom. The van der Waals surface area contributed by atoms with Crippen LogP contribution in [-0.4, -0.2) is 8.75 Å². The monoisotopic (exact) mass is 1190 g/mol. The summed E-state index contributed by atoms with van der Waals surface area (Å²) in [6.45, 7) is 0. The second-order valence-electron chi connectivity index (χ2n) is 19.6. The van der Waals surface area contributed by atoms with Crippen molar-refractivity contribution >= 4 is 45.4 Å². The maximum Gasteiger partial charge on any atom is 0.181 e. The Hall–Kier alpha value is -11.0. The molecule has 14 aromatic rings. The molecule has 0 fully saturated rings. The number of benzene rings is 11. The fraction of sp³-hybridized carbons (Fsp3) is 0. The van der Waals surface area contributed by atoms with E-state index in [-0.39, 0.29) is 0 Å². The number of thiophene rings is 2. The molecule has 0 aliphatic carbocycles. The predicted molar refractivity (Wildman–Crippen MR) is 347 cm³/mol. The zero-order valence-corrected chi connectivity index (χ0v) is 48.5. The van der Waals surface area contributed by atoms with Gasteiger partial charge in [-0.1, -0.05) is 146 Å². The van der Waals surface area contributed by atoms with Crippen LogP contribution in [-0.2, 0) is 0 Å². The lowest BCUT2D eigenvalue weighted by atomic mass is 10.0. The van der Waals surface area contributed by atoms with Gasteiger partial charge in [-0.2, -0.15) is 8.75 Å². The van der Waals surface area contributed by atoms with Crippen LogP contribution in [0, 0.1) is 0 Å². The van der Waals surface area contributed by atoms with E-state index in [0.29, 0.717) is 125 Å². The molecule has 0 N–H and O–H groups in total. The van der Waals surface area contributed by atoms with Crippen LogP contribution in [0.25, 0.3) is 52.8 Å². The van der Waals surface area contributed by atoms with Crippen LogP contribution in [0.15, 0.2) is 291 Å². The Labute approximate surface area is 513 Å². The highest BCUT2D eigenvalue weighted by molar-refractivity contribution is 7.19. The highest BCUT2D eigenvalue weighted by Crippen LogP contribution is 2.58. The molecule has 0 bridgehead atoms. The maximum atomic E-state index is 7.23. The standard InChI is InChI=1S/C74H48N2O8S3/c1-9-25-49(26-10-1)77-57-45-59(79-51-29-13-3-14-30-51)67(60(46-57)80-52-31-15-4-16-32-52)63-41-43-65(85-63)69-71-72(76-87-75-71)70(74(84-56-39-23-8-24-40-56)73(69)83-55-37-21-7-22-38-55)66-44-42-64(86-66)68-61(81-53-33-17-5-18-34-53)47-58(78-50-27-11-2-12-28-50)48-62(68)82-54-35-19-6-20-36-54/h1-48H. The highest BCUT2D eigenvalue weighted by Gasteiger charge is 2.32. The van der Waals surface area contributed by atoms with Crippen molar-refractivity contribution in [2.75, 3.05) is 0 Å². The van der Waals surface area contributed by atoms with Crippen molar-refractivity contribution in [3.05, 3.63) is 291 Å². The second-order valence-corrected chi connectivity index (χ2v) is 22.3. The van der Waals surface area contributed by atoms with Gasteiger partial charge in [0.1, 0.15) is 91.5 Å². The van der Waals surface area contributed by atoms with Crippen molar-refractivity contribution in [1.29, 1.82) is 0 Å². The smallest absolute Gasteiger partial charge is 0.181 e. The van der Waals surface area contributed by atoms with Gasteiger partial charge in [0.2, 0.25) is 0 Å². The number of hydrogen-bond donors (Lipinski definition) is 0. The Kier molecular flexibility index (Phi) is 15.6. The molecule has 11 aromatic carbocycles. The fourth-order valence-electron chi connectivity index (χ4n) is 9.81. The summed E-state index contributed by atoms with van der Waals surface area (Å²) in [6.07, 6.45) is 0. The molecular weight excluding hydrogens is 1140 g/mol. The van der Waals surface area contributed by atoms with Gasteiger partial charge in [-0.05, 0) is 121 Å². The molecule has 13 heteroatoms. The molecule has 0 unspecified atom stereocenters.